The van der Waals surface area contributed by atoms with E-state index in [1.54, 1.807) is 0 Å². The molecular formula is C18H13ClF4N2O3. The van der Waals surface area contributed by atoms with Gasteiger partial charge < -0.3 is 10.1 Å². The summed E-state index contributed by atoms with van der Waals surface area (Å²) in [6, 6.07) is 6.43. The summed E-state index contributed by atoms with van der Waals surface area (Å²) < 4.78 is 59.1. The fraction of sp³-hybridized carbons (Fsp3) is 0.222. The number of halogens is 5. The Morgan fingerprint density at radius 1 is 1.25 bits per heavy atom. The number of nitrogens with zero attached hydrogens (tertiary/aromatic N) is 1. The predicted octanol–water partition coefficient (Wildman–Crippen LogP) is 4.16. The quantitative estimate of drug-likeness (QED) is 0.764. The Kier molecular flexibility index (Phi) is 5.46. The number of ether oxygens (including phenoxy) is 1. The van der Waals surface area contributed by atoms with Gasteiger partial charge in [0.15, 0.2) is 6.61 Å². The molecule has 148 valence electrons. The van der Waals surface area contributed by atoms with E-state index >= 15 is 0 Å². The molecule has 0 spiro atoms. The number of para-hydroxylation sites is 2. The first-order valence-corrected chi connectivity index (χ1v) is 8.40. The molecule has 2 aromatic rings. The maximum Gasteiger partial charge on any atom is 0.409 e. The molecular weight excluding hydrogens is 404 g/mol. The molecule has 0 aromatic heterocycles. The van der Waals surface area contributed by atoms with Gasteiger partial charge in [0.05, 0.1) is 22.8 Å². The van der Waals surface area contributed by atoms with Crippen molar-refractivity contribution in [1.29, 1.82) is 0 Å². The number of hydrogen-bond donors (Lipinski definition) is 1. The minimum Gasteiger partial charge on any atom is -0.482 e. The summed E-state index contributed by atoms with van der Waals surface area (Å²) in [5.41, 5.74) is -0.0260. The standard InChI is InChI=1S/C18H13ClF4N2O3/c19-11-7-10(20)5-6-14(11)28-9-17(27)25-13-4-2-1-3-12(13)24-16(26)8-15(25)18(21,22)23/h1-7,15H,8-9H2,(H,24,26). The lowest BCUT2D eigenvalue weighted by molar-refractivity contribution is -0.158. The lowest BCUT2D eigenvalue weighted by atomic mass is 10.1. The zero-order valence-corrected chi connectivity index (χ0v) is 14.9. The number of rotatable bonds is 3. The molecule has 1 unspecified atom stereocenters. The van der Waals surface area contributed by atoms with Crippen LogP contribution >= 0.6 is 11.6 Å². The van der Waals surface area contributed by atoms with Gasteiger partial charge in [-0.1, -0.05) is 23.7 Å². The first-order valence-electron chi connectivity index (χ1n) is 8.02. The van der Waals surface area contributed by atoms with Gasteiger partial charge in [-0.25, -0.2) is 4.39 Å². The highest BCUT2D eigenvalue weighted by Gasteiger charge is 2.49. The van der Waals surface area contributed by atoms with E-state index in [9.17, 15) is 27.2 Å². The van der Waals surface area contributed by atoms with Gasteiger partial charge in [0.25, 0.3) is 5.91 Å². The molecule has 0 bridgehead atoms. The van der Waals surface area contributed by atoms with Gasteiger partial charge >= 0.3 is 6.18 Å². The van der Waals surface area contributed by atoms with Gasteiger partial charge in [0, 0.05) is 0 Å². The zero-order chi connectivity index (χ0) is 20.5. The highest BCUT2D eigenvalue weighted by Crippen LogP contribution is 2.37. The molecule has 1 N–H and O–H groups in total. The molecule has 0 fully saturated rings. The molecule has 28 heavy (non-hydrogen) atoms. The fourth-order valence-corrected chi connectivity index (χ4v) is 3.02. The molecule has 1 heterocycles. The summed E-state index contributed by atoms with van der Waals surface area (Å²) >= 11 is 5.80. The van der Waals surface area contributed by atoms with Crippen molar-refractivity contribution in [3.63, 3.8) is 0 Å². The molecule has 0 saturated carbocycles. The Hall–Kier alpha value is -2.81. The van der Waals surface area contributed by atoms with Crippen molar-refractivity contribution in [2.24, 2.45) is 0 Å². The van der Waals surface area contributed by atoms with Crippen molar-refractivity contribution in [2.75, 3.05) is 16.8 Å². The molecule has 2 amide bonds. The van der Waals surface area contributed by atoms with E-state index in [0.717, 1.165) is 18.2 Å². The van der Waals surface area contributed by atoms with Gasteiger partial charge in [-0.2, -0.15) is 13.2 Å². The van der Waals surface area contributed by atoms with Crippen LogP contribution in [0.4, 0.5) is 28.9 Å². The van der Waals surface area contributed by atoms with Crippen molar-refractivity contribution in [3.05, 3.63) is 53.3 Å². The first kappa shape index (κ1) is 19.9. The van der Waals surface area contributed by atoms with Crippen molar-refractivity contribution < 1.29 is 31.9 Å². The second kappa shape index (κ2) is 7.67. The highest BCUT2D eigenvalue weighted by atomic mass is 35.5. The molecule has 1 aliphatic rings. The molecule has 5 nitrogen and oxygen atoms in total. The van der Waals surface area contributed by atoms with Crippen LogP contribution in [0, 0.1) is 5.82 Å². The number of hydrogen-bond acceptors (Lipinski definition) is 3. The van der Waals surface area contributed by atoms with Crippen LogP contribution in [-0.2, 0) is 9.59 Å². The number of carbonyl (C=O) groups is 2. The van der Waals surface area contributed by atoms with E-state index in [1.807, 2.05) is 0 Å². The molecule has 1 atom stereocenters. The van der Waals surface area contributed by atoms with E-state index in [0.29, 0.717) is 4.90 Å². The fourth-order valence-electron chi connectivity index (χ4n) is 2.80. The van der Waals surface area contributed by atoms with Crippen LogP contribution in [0.2, 0.25) is 5.02 Å². The van der Waals surface area contributed by atoms with Crippen molar-refractivity contribution >= 4 is 34.8 Å². The third-order valence-electron chi connectivity index (χ3n) is 4.02. The van der Waals surface area contributed by atoms with E-state index in [4.69, 9.17) is 16.3 Å². The van der Waals surface area contributed by atoms with Gasteiger partial charge in [-0.15, -0.1) is 0 Å². The first-order chi connectivity index (χ1) is 13.2. The summed E-state index contributed by atoms with van der Waals surface area (Å²) in [4.78, 5) is 25.1. The third-order valence-corrected chi connectivity index (χ3v) is 4.32. The minimum absolute atomic E-state index is 0.0581. The SMILES string of the molecule is O=C1CC(C(F)(F)F)N(C(=O)COc2ccc(F)cc2Cl)c2ccccc2N1. The molecule has 2 aromatic carbocycles. The summed E-state index contributed by atoms with van der Waals surface area (Å²) in [6.45, 7) is -0.791. The second-order valence-electron chi connectivity index (χ2n) is 5.95. The molecule has 0 aliphatic carbocycles. The van der Waals surface area contributed by atoms with Crippen LogP contribution in [0.5, 0.6) is 5.75 Å². The van der Waals surface area contributed by atoms with Crippen molar-refractivity contribution in [3.8, 4) is 5.75 Å². The number of anilines is 2. The van der Waals surface area contributed by atoms with Crippen molar-refractivity contribution in [1.82, 2.24) is 0 Å². The average Bonchev–Trinajstić information content (AvgIpc) is 2.76. The smallest absolute Gasteiger partial charge is 0.409 e. The Bertz CT molecular complexity index is 920. The average molecular weight is 417 g/mol. The molecule has 10 heteroatoms. The van der Waals surface area contributed by atoms with Crippen LogP contribution in [0.25, 0.3) is 0 Å². The number of fused-ring (bicyclic) bond motifs is 1. The summed E-state index contributed by atoms with van der Waals surface area (Å²) in [5, 5.41) is 2.23. The second-order valence-corrected chi connectivity index (χ2v) is 6.36. The summed E-state index contributed by atoms with van der Waals surface area (Å²) in [6.07, 6.45) is -5.81. The largest absolute Gasteiger partial charge is 0.482 e. The Morgan fingerprint density at radius 2 is 1.96 bits per heavy atom. The number of benzene rings is 2. The van der Waals surface area contributed by atoms with E-state index in [-0.39, 0.29) is 22.1 Å². The van der Waals surface area contributed by atoms with E-state index < -0.39 is 42.9 Å². The van der Waals surface area contributed by atoms with Crippen LogP contribution in [0.3, 0.4) is 0 Å². The minimum atomic E-state index is -4.85. The van der Waals surface area contributed by atoms with E-state index in [2.05, 4.69) is 5.32 Å². The van der Waals surface area contributed by atoms with Crippen LogP contribution < -0.4 is 15.0 Å². The van der Waals surface area contributed by atoms with Crippen LogP contribution in [0.15, 0.2) is 42.5 Å². The van der Waals surface area contributed by atoms with Gasteiger partial charge in [0.2, 0.25) is 5.91 Å². The predicted molar refractivity (Wildman–Crippen MR) is 93.9 cm³/mol. The summed E-state index contributed by atoms with van der Waals surface area (Å²) in [5.74, 6) is -2.59. The van der Waals surface area contributed by atoms with Crippen LogP contribution in [0.1, 0.15) is 6.42 Å². The van der Waals surface area contributed by atoms with Gasteiger partial charge in [0.1, 0.15) is 17.6 Å². The normalized spacial score (nSPS) is 16.8. The Labute approximate surface area is 161 Å². The van der Waals surface area contributed by atoms with Gasteiger partial charge in [-0.3, -0.25) is 14.5 Å². The number of nitrogens with one attached hydrogen (secondary N) is 1. The third kappa shape index (κ3) is 4.19. The zero-order valence-electron chi connectivity index (χ0n) is 14.1. The van der Waals surface area contributed by atoms with Gasteiger partial charge in [-0.05, 0) is 30.3 Å². The molecule has 0 radical (unpaired) electrons. The van der Waals surface area contributed by atoms with E-state index in [1.165, 1.54) is 24.3 Å². The monoisotopic (exact) mass is 416 g/mol. The lowest BCUT2D eigenvalue weighted by Crippen LogP contribution is -2.51. The topological polar surface area (TPSA) is 58.6 Å². The number of amides is 2. The Morgan fingerprint density at radius 3 is 2.64 bits per heavy atom. The summed E-state index contributed by atoms with van der Waals surface area (Å²) in [7, 11) is 0. The Balaban J connectivity index is 1.92. The molecule has 3 rings (SSSR count). The lowest BCUT2D eigenvalue weighted by Gasteiger charge is -2.31. The molecule has 0 saturated heterocycles. The van der Waals surface area contributed by atoms with Crippen molar-refractivity contribution in [2.45, 2.75) is 18.6 Å². The van der Waals surface area contributed by atoms with Crippen LogP contribution in [-0.4, -0.2) is 30.6 Å². The number of carbonyl (C=O) groups excluding carboxylic acids is 2. The number of alkyl halides is 3. The maximum absolute atomic E-state index is 13.6. The highest BCUT2D eigenvalue weighted by molar-refractivity contribution is 6.32. The maximum atomic E-state index is 13.6. The molecule has 1 aliphatic heterocycles.